The molecule has 0 amide bonds. The molecule has 1 heterocycles. The average molecular weight is 414 g/mol. The standard InChI is InChI=1S/C20H17NO4Se/c22-18-13-14-21(20(24)25-18)17(15-7-3-1-4-8-15)11-12-19(23)26-16-9-5-2-6-10-16/h1-10,13-14,17H,11-12H2. The van der Waals surface area contributed by atoms with Gasteiger partial charge in [0.25, 0.3) is 0 Å². The third-order valence-electron chi connectivity index (χ3n) is 3.89. The maximum absolute atomic E-state index is 12.4. The van der Waals surface area contributed by atoms with Gasteiger partial charge in [0, 0.05) is 0 Å². The summed E-state index contributed by atoms with van der Waals surface area (Å²) in [6.07, 6.45) is 2.24. The van der Waals surface area contributed by atoms with Gasteiger partial charge in [-0.05, 0) is 0 Å². The molecule has 0 spiro atoms. The molecule has 0 aliphatic heterocycles. The fourth-order valence-electron chi connectivity index (χ4n) is 2.67. The Balaban J connectivity index is 1.79. The van der Waals surface area contributed by atoms with Crippen molar-refractivity contribution in [2.45, 2.75) is 18.9 Å². The summed E-state index contributed by atoms with van der Waals surface area (Å²) in [7, 11) is 0. The van der Waals surface area contributed by atoms with E-state index < -0.39 is 11.4 Å². The molecule has 1 aromatic heterocycles. The molecule has 132 valence electrons. The summed E-state index contributed by atoms with van der Waals surface area (Å²) >= 11 is -0.253. The van der Waals surface area contributed by atoms with Crippen LogP contribution in [0.4, 0.5) is 0 Å². The second-order valence-electron chi connectivity index (χ2n) is 5.66. The maximum atomic E-state index is 12.4. The fourth-order valence-corrected chi connectivity index (χ4v) is 4.30. The monoisotopic (exact) mass is 415 g/mol. The Morgan fingerprint density at radius 1 is 0.962 bits per heavy atom. The normalized spacial score (nSPS) is 11.8. The minimum atomic E-state index is -0.715. The van der Waals surface area contributed by atoms with Crippen LogP contribution in [0.3, 0.4) is 0 Å². The second kappa shape index (κ2) is 8.61. The summed E-state index contributed by atoms with van der Waals surface area (Å²) in [4.78, 5) is 35.7. The van der Waals surface area contributed by atoms with E-state index in [1.165, 1.54) is 16.8 Å². The van der Waals surface area contributed by atoms with Crippen LogP contribution in [-0.2, 0) is 4.79 Å². The van der Waals surface area contributed by atoms with Gasteiger partial charge in [-0.25, -0.2) is 0 Å². The molecule has 1 atom stereocenters. The molecule has 26 heavy (non-hydrogen) atoms. The van der Waals surface area contributed by atoms with Crippen molar-refractivity contribution < 1.29 is 9.21 Å². The van der Waals surface area contributed by atoms with E-state index in [4.69, 9.17) is 0 Å². The van der Waals surface area contributed by atoms with Gasteiger partial charge in [0.1, 0.15) is 0 Å². The van der Waals surface area contributed by atoms with Gasteiger partial charge in [0.05, 0.1) is 0 Å². The van der Waals surface area contributed by atoms with Crippen LogP contribution < -0.4 is 15.8 Å². The van der Waals surface area contributed by atoms with E-state index in [0.29, 0.717) is 12.8 Å². The third-order valence-corrected chi connectivity index (χ3v) is 5.86. The van der Waals surface area contributed by atoms with Crippen molar-refractivity contribution in [1.82, 2.24) is 4.57 Å². The third kappa shape index (κ3) is 4.69. The van der Waals surface area contributed by atoms with Crippen molar-refractivity contribution in [3.63, 3.8) is 0 Å². The Kier molecular flexibility index (Phi) is 5.99. The van der Waals surface area contributed by atoms with E-state index in [-0.39, 0.29) is 25.7 Å². The van der Waals surface area contributed by atoms with Gasteiger partial charge in [-0.2, -0.15) is 0 Å². The SMILES string of the molecule is O=C(CCC(c1ccccc1)n1ccc(=O)oc1=O)[Se]c1ccccc1. The van der Waals surface area contributed by atoms with Crippen molar-refractivity contribution in [3.8, 4) is 0 Å². The zero-order valence-electron chi connectivity index (χ0n) is 13.9. The minimum absolute atomic E-state index is 0.162. The first-order chi connectivity index (χ1) is 12.6. The average Bonchev–Trinajstić information content (AvgIpc) is 2.65. The summed E-state index contributed by atoms with van der Waals surface area (Å²) in [6.45, 7) is 0. The van der Waals surface area contributed by atoms with Crippen molar-refractivity contribution in [2.24, 2.45) is 0 Å². The van der Waals surface area contributed by atoms with Gasteiger partial charge in [-0.3, -0.25) is 0 Å². The van der Waals surface area contributed by atoms with Crippen LogP contribution in [-0.4, -0.2) is 24.2 Å². The summed E-state index contributed by atoms with van der Waals surface area (Å²) in [5.41, 5.74) is 0.213. The van der Waals surface area contributed by atoms with Gasteiger partial charge < -0.3 is 0 Å². The van der Waals surface area contributed by atoms with Crippen LogP contribution in [0.2, 0.25) is 0 Å². The van der Waals surface area contributed by atoms with Crippen LogP contribution in [0.25, 0.3) is 0 Å². The first-order valence-corrected chi connectivity index (χ1v) is 9.88. The zero-order valence-corrected chi connectivity index (χ0v) is 15.6. The molecule has 3 aromatic rings. The quantitative estimate of drug-likeness (QED) is 0.553. The number of rotatable bonds is 7. The zero-order chi connectivity index (χ0) is 18.4. The Bertz CT molecular complexity index is 980. The van der Waals surface area contributed by atoms with Crippen molar-refractivity contribution in [3.05, 3.63) is 99.5 Å². The van der Waals surface area contributed by atoms with Crippen LogP contribution in [0.15, 0.2) is 86.9 Å². The summed E-state index contributed by atoms with van der Waals surface area (Å²) in [5, 5.41) is 0. The van der Waals surface area contributed by atoms with E-state index in [0.717, 1.165) is 10.0 Å². The predicted octanol–water partition coefficient (Wildman–Crippen LogP) is 1.73. The molecule has 0 bridgehead atoms. The van der Waals surface area contributed by atoms with E-state index in [2.05, 4.69) is 4.42 Å². The van der Waals surface area contributed by atoms with Gasteiger partial charge >= 0.3 is 156 Å². The molecule has 3 rings (SSSR count). The van der Waals surface area contributed by atoms with Gasteiger partial charge in [0.15, 0.2) is 0 Å². The summed E-state index contributed by atoms with van der Waals surface area (Å²) < 4.78 is 7.25. The molecule has 0 N–H and O–H groups in total. The van der Waals surface area contributed by atoms with E-state index in [1.807, 2.05) is 60.7 Å². The molecule has 2 aromatic carbocycles. The Hall–Kier alpha value is -2.69. The van der Waals surface area contributed by atoms with Crippen LogP contribution in [0, 0.1) is 0 Å². The molecule has 0 saturated carbocycles. The van der Waals surface area contributed by atoms with E-state index >= 15 is 0 Å². The van der Waals surface area contributed by atoms with Crippen molar-refractivity contribution in [1.29, 1.82) is 0 Å². The summed E-state index contributed by atoms with van der Waals surface area (Å²) in [5.74, 6) is -0.715. The predicted molar refractivity (Wildman–Crippen MR) is 99.9 cm³/mol. The Labute approximate surface area is 156 Å². The molecular weight excluding hydrogens is 397 g/mol. The second-order valence-corrected chi connectivity index (χ2v) is 8.03. The van der Waals surface area contributed by atoms with Gasteiger partial charge in [-0.15, -0.1) is 0 Å². The van der Waals surface area contributed by atoms with E-state index in [1.54, 1.807) is 0 Å². The number of aromatic nitrogens is 1. The summed E-state index contributed by atoms with van der Waals surface area (Å²) in [6, 6.07) is 19.9. The molecule has 0 aliphatic carbocycles. The molecule has 0 saturated heterocycles. The molecule has 0 radical (unpaired) electrons. The van der Waals surface area contributed by atoms with Crippen molar-refractivity contribution >= 4 is 24.1 Å². The number of benzene rings is 2. The topological polar surface area (TPSA) is 69.3 Å². The van der Waals surface area contributed by atoms with Crippen LogP contribution >= 0.6 is 0 Å². The fraction of sp³-hybridized carbons (Fsp3) is 0.150. The molecule has 0 aliphatic rings. The molecule has 5 nitrogen and oxygen atoms in total. The van der Waals surface area contributed by atoms with Gasteiger partial charge in [-0.1, -0.05) is 0 Å². The first kappa shape index (κ1) is 18.1. The molecule has 1 unspecified atom stereocenters. The van der Waals surface area contributed by atoms with Crippen LogP contribution in [0.1, 0.15) is 24.4 Å². The molecular formula is C20H17NO4Se. The number of hydrogen-bond acceptors (Lipinski definition) is 4. The number of nitrogens with zero attached hydrogens (tertiary/aromatic N) is 1. The molecule has 6 heteroatoms. The Morgan fingerprint density at radius 2 is 1.62 bits per heavy atom. The number of carbonyl (C=O) groups excluding carboxylic acids is 1. The van der Waals surface area contributed by atoms with Crippen LogP contribution in [0.5, 0.6) is 0 Å². The van der Waals surface area contributed by atoms with E-state index in [9.17, 15) is 14.4 Å². The molecule has 0 fully saturated rings. The number of hydrogen-bond donors (Lipinski definition) is 0. The Morgan fingerprint density at radius 3 is 2.27 bits per heavy atom. The van der Waals surface area contributed by atoms with Crippen molar-refractivity contribution in [2.75, 3.05) is 0 Å². The first-order valence-electron chi connectivity index (χ1n) is 8.16. The van der Waals surface area contributed by atoms with Gasteiger partial charge in [0.2, 0.25) is 0 Å². The number of carbonyl (C=O) groups is 1.